The van der Waals surface area contributed by atoms with Gasteiger partial charge in [-0.2, -0.15) is 0 Å². The molecule has 0 saturated carbocycles. The Kier molecular flexibility index (Phi) is 6.47. The van der Waals surface area contributed by atoms with Crippen molar-refractivity contribution in [3.8, 4) is 0 Å². The minimum Gasteiger partial charge on any atom is -0.322 e. The van der Waals surface area contributed by atoms with E-state index in [-0.39, 0.29) is 24.1 Å². The molecule has 6 heteroatoms. The third-order valence-corrected chi connectivity index (χ3v) is 6.66. The molecule has 4 atom stereocenters. The van der Waals surface area contributed by atoms with Crippen LogP contribution in [0.15, 0.2) is 24.3 Å². The van der Waals surface area contributed by atoms with E-state index in [0.29, 0.717) is 11.8 Å². The van der Waals surface area contributed by atoms with Gasteiger partial charge in [0, 0.05) is 36.5 Å². The van der Waals surface area contributed by atoms with Crippen molar-refractivity contribution in [2.45, 2.75) is 65.5 Å². The highest BCUT2D eigenvalue weighted by Gasteiger charge is 2.29. The Hall–Kier alpha value is -2.24. The van der Waals surface area contributed by atoms with Crippen LogP contribution < -0.4 is 10.6 Å². The summed E-state index contributed by atoms with van der Waals surface area (Å²) in [6, 6.07) is 7.77. The van der Waals surface area contributed by atoms with Gasteiger partial charge in [0.25, 0.3) is 0 Å². The Morgan fingerprint density at radius 3 is 1.46 bits per heavy atom. The number of anilines is 2. The van der Waals surface area contributed by atoms with Crippen LogP contribution in [0.3, 0.4) is 0 Å². The zero-order valence-electron chi connectivity index (χ0n) is 17.6. The molecule has 2 saturated heterocycles. The van der Waals surface area contributed by atoms with Crippen molar-refractivity contribution < 1.29 is 9.59 Å². The van der Waals surface area contributed by atoms with Crippen LogP contribution >= 0.6 is 0 Å². The highest BCUT2D eigenvalue weighted by Crippen LogP contribution is 2.25. The first-order valence-corrected chi connectivity index (χ1v) is 10.6. The smallest absolute Gasteiger partial charge is 0.322 e. The molecule has 0 aliphatic carbocycles. The van der Waals surface area contributed by atoms with Crippen LogP contribution in [0.5, 0.6) is 0 Å². The maximum absolute atomic E-state index is 12.6. The average molecular weight is 387 g/mol. The Bertz CT molecular complexity index is 631. The lowest BCUT2D eigenvalue weighted by Crippen LogP contribution is -2.48. The standard InChI is InChI=1S/C22H34N4O2/c1-15-7-5-13-25(17(15)3)21(27)23-19-9-11-20(12-10-19)24-22(28)26-14-6-8-16(2)18(26)4/h9-12,15-18H,5-8,13-14H2,1-4H3,(H,23,27)(H,24,28)/t15-,16-,17-,18+/m0/s1. The second-order valence-corrected chi connectivity index (χ2v) is 8.54. The molecule has 28 heavy (non-hydrogen) atoms. The van der Waals surface area contributed by atoms with Crippen LogP contribution in [0.4, 0.5) is 21.0 Å². The lowest BCUT2D eigenvalue weighted by Gasteiger charge is -2.38. The fourth-order valence-electron chi connectivity index (χ4n) is 4.27. The molecule has 0 aromatic heterocycles. The first kappa shape index (κ1) is 20.5. The second kappa shape index (κ2) is 8.84. The zero-order chi connectivity index (χ0) is 20.3. The number of piperidine rings is 2. The molecule has 6 nitrogen and oxygen atoms in total. The van der Waals surface area contributed by atoms with E-state index in [9.17, 15) is 9.59 Å². The Labute approximate surface area is 168 Å². The quantitative estimate of drug-likeness (QED) is 0.752. The molecule has 2 fully saturated rings. The van der Waals surface area contributed by atoms with Gasteiger partial charge in [-0.15, -0.1) is 0 Å². The van der Waals surface area contributed by atoms with E-state index in [1.54, 1.807) is 0 Å². The van der Waals surface area contributed by atoms with Crippen molar-refractivity contribution in [2.24, 2.45) is 11.8 Å². The molecule has 4 amide bonds. The molecule has 1 aromatic carbocycles. The Balaban J connectivity index is 1.56. The number of amides is 4. The Morgan fingerprint density at radius 2 is 1.11 bits per heavy atom. The number of nitrogens with one attached hydrogen (secondary N) is 2. The number of nitrogens with zero attached hydrogens (tertiary/aromatic N) is 2. The van der Waals surface area contributed by atoms with Gasteiger partial charge in [0.2, 0.25) is 0 Å². The molecule has 0 radical (unpaired) electrons. The molecule has 0 bridgehead atoms. The lowest BCUT2D eigenvalue weighted by atomic mass is 9.92. The minimum atomic E-state index is -0.0491. The topological polar surface area (TPSA) is 64.7 Å². The summed E-state index contributed by atoms with van der Waals surface area (Å²) in [6.45, 7) is 10.2. The van der Waals surface area contributed by atoms with Crippen LogP contribution in [-0.4, -0.2) is 47.0 Å². The third kappa shape index (κ3) is 4.59. The van der Waals surface area contributed by atoms with Crippen LogP contribution in [0.2, 0.25) is 0 Å². The second-order valence-electron chi connectivity index (χ2n) is 8.54. The molecule has 154 valence electrons. The first-order chi connectivity index (χ1) is 13.4. The Morgan fingerprint density at radius 1 is 0.750 bits per heavy atom. The predicted molar refractivity (Wildman–Crippen MR) is 114 cm³/mol. The van der Waals surface area contributed by atoms with Crippen molar-refractivity contribution in [2.75, 3.05) is 23.7 Å². The van der Waals surface area contributed by atoms with E-state index in [1.165, 1.54) is 12.8 Å². The largest absolute Gasteiger partial charge is 0.322 e. The maximum Gasteiger partial charge on any atom is 0.322 e. The summed E-state index contributed by atoms with van der Waals surface area (Å²) in [7, 11) is 0. The van der Waals surface area contributed by atoms with E-state index in [4.69, 9.17) is 0 Å². The predicted octanol–water partition coefficient (Wildman–Crippen LogP) is 4.99. The normalized spacial score (nSPS) is 28.0. The van der Waals surface area contributed by atoms with Crippen molar-refractivity contribution in [3.63, 3.8) is 0 Å². The summed E-state index contributed by atoms with van der Waals surface area (Å²) in [5.74, 6) is 1.05. The summed E-state index contributed by atoms with van der Waals surface area (Å²) < 4.78 is 0. The molecule has 2 N–H and O–H groups in total. The number of urea groups is 2. The molecule has 2 aliphatic rings. The van der Waals surface area contributed by atoms with E-state index in [2.05, 4.69) is 38.3 Å². The van der Waals surface area contributed by atoms with E-state index < -0.39 is 0 Å². The minimum absolute atomic E-state index is 0.0491. The first-order valence-electron chi connectivity index (χ1n) is 10.6. The molecule has 2 heterocycles. The van der Waals surface area contributed by atoms with Gasteiger partial charge < -0.3 is 20.4 Å². The number of hydrogen-bond donors (Lipinski definition) is 2. The molecule has 1 aromatic rings. The van der Waals surface area contributed by atoms with E-state index >= 15 is 0 Å². The number of rotatable bonds is 2. The van der Waals surface area contributed by atoms with E-state index in [0.717, 1.165) is 37.3 Å². The maximum atomic E-state index is 12.6. The average Bonchev–Trinajstić information content (AvgIpc) is 2.67. The number of benzene rings is 1. The lowest BCUT2D eigenvalue weighted by molar-refractivity contribution is 0.138. The van der Waals surface area contributed by atoms with Crippen molar-refractivity contribution in [3.05, 3.63) is 24.3 Å². The molecule has 0 spiro atoms. The summed E-state index contributed by atoms with van der Waals surface area (Å²) in [5.41, 5.74) is 1.49. The van der Waals surface area contributed by atoms with Crippen LogP contribution in [0, 0.1) is 11.8 Å². The van der Waals surface area contributed by atoms with Crippen molar-refractivity contribution in [1.29, 1.82) is 0 Å². The van der Waals surface area contributed by atoms with E-state index in [1.807, 2.05) is 34.1 Å². The molecule has 2 aliphatic heterocycles. The van der Waals surface area contributed by atoms with Crippen LogP contribution in [0.1, 0.15) is 53.4 Å². The van der Waals surface area contributed by atoms with Gasteiger partial charge in [-0.1, -0.05) is 13.8 Å². The SMILES string of the molecule is C[C@@H]1[C@@H](C)CCCN1C(=O)Nc1ccc(NC(=O)N2CCC[C@H](C)[C@@H]2C)cc1. The van der Waals surface area contributed by atoms with Gasteiger partial charge in [0.15, 0.2) is 0 Å². The molecule has 3 rings (SSSR count). The zero-order valence-corrected chi connectivity index (χ0v) is 17.6. The van der Waals surface area contributed by atoms with Gasteiger partial charge in [0.1, 0.15) is 0 Å². The highest BCUT2D eigenvalue weighted by atomic mass is 16.2. The number of hydrogen-bond acceptors (Lipinski definition) is 2. The van der Waals surface area contributed by atoms with Crippen LogP contribution in [-0.2, 0) is 0 Å². The highest BCUT2D eigenvalue weighted by molar-refractivity contribution is 5.92. The fraction of sp³-hybridized carbons (Fsp3) is 0.636. The van der Waals surface area contributed by atoms with Gasteiger partial charge in [-0.05, 0) is 75.6 Å². The van der Waals surface area contributed by atoms with Crippen molar-refractivity contribution in [1.82, 2.24) is 9.80 Å². The third-order valence-electron chi connectivity index (χ3n) is 6.66. The van der Waals surface area contributed by atoms with Gasteiger partial charge in [-0.25, -0.2) is 9.59 Å². The molecular weight excluding hydrogens is 352 g/mol. The fourth-order valence-corrected chi connectivity index (χ4v) is 4.27. The van der Waals surface area contributed by atoms with Gasteiger partial charge in [0.05, 0.1) is 0 Å². The van der Waals surface area contributed by atoms with Crippen LogP contribution in [0.25, 0.3) is 0 Å². The summed E-state index contributed by atoms with van der Waals surface area (Å²) in [4.78, 5) is 29.0. The summed E-state index contributed by atoms with van der Waals surface area (Å²) >= 11 is 0. The summed E-state index contributed by atoms with van der Waals surface area (Å²) in [6.07, 6.45) is 4.45. The summed E-state index contributed by atoms with van der Waals surface area (Å²) in [5, 5.41) is 5.97. The van der Waals surface area contributed by atoms with Gasteiger partial charge >= 0.3 is 12.1 Å². The molecular formula is C22H34N4O2. The van der Waals surface area contributed by atoms with Crippen molar-refractivity contribution >= 4 is 23.4 Å². The number of carbonyl (C=O) groups excluding carboxylic acids is 2. The number of carbonyl (C=O) groups is 2. The monoisotopic (exact) mass is 386 g/mol. The molecule has 0 unspecified atom stereocenters. The number of likely N-dealkylation sites (tertiary alicyclic amines) is 2. The van der Waals surface area contributed by atoms with Gasteiger partial charge in [-0.3, -0.25) is 0 Å².